The molecule has 0 saturated carbocycles. The maximum absolute atomic E-state index is 12.0. The van der Waals surface area contributed by atoms with Crippen molar-refractivity contribution in [3.8, 4) is 11.5 Å². The minimum atomic E-state index is 0.113. The van der Waals surface area contributed by atoms with Gasteiger partial charge in [0.2, 0.25) is 0 Å². The van der Waals surface area contributed by atoms with E-state index in [4.69, 9.17) is 19.9 Å². The van der Waals surface area contributed by atoms with Crippen molar-refractivity contribution in [3.63, 3.8) is 0 Å². The lowest BCUT2D eigenvalue weighted by Gasteiger charge is -2.10. The molecule has 0 atom stereocenters. The molecule has 6 aromatic carbocycles. The Balaban J connectivity index is 1.61. The Morgan fingerprint density at radius 2 is 0.843 bits per heavy atom. The van der Waals surface area contributed by atoms with Crippen LogP contribution in [0.3, 0.4) is 0 Å². The van der Waals surface area contributed by atoms with Crippen molar-refractivity contribution in [3.05, 3.63) is 132 Å². The fourth-order valence-electron chi connectivity index (χ4n) is 7.47. The lowest BCUT2D eigenvalue weighted by molar-refractivity contribution is 0.486. The summed E-state index contributed by atoms with van der Waals surface area (Å²) >= 11 is 0. The standard InChI is InChI=1S/C45H34N4O2/c1-5-27-22-35-26(4)47-43-33-13-9-7-11-31(33)30-10-6-8-12-32(30)42(43)46-25(3)34-20-24(2)21-36(44(34)50)38-18-16-28-14-15-29-17-19-39(37(23-27)45(35)51)49-41(29)40(28)48-38/h6-23,50-51H,5H2,1-4H3. The third-order valence-electron chi connectivity index (χ3n) is 10.1. The number of aryl methyl sites for hydroxylation is 4. The van der Waals surface area contributed by atoms with E-state index in [9.17, 15) is 10.2 Å². The summed E-state index contributed by atoms with van der Waals surface area (Å²) in [5.41, 5.74) is 7.42. The van der Waals surface area contributed by atoms with Crippen LogP contribution in [-0.4, -0.2) is 30.1 Å². The number of hydrogen-bond acceptors (Lipinski definition) is 6. The molecule has 6 heteroatoms. The van der Waals surface area contributed by atoms with Gasteiger partial charge in [-0.1, -0.05) is 79.7 Å². The summed E-state index contributed by atoms with van der Waals surface area (Å²) in [7, 11) is 0. The van der Waals surface area contributed by atoms with Crippen molar-refractivity contribution >= 4 is 87.0 Å². The summed E-state index contributed by atoms with van der Waals surface area (Å²) in [5.74, 6) is 0.235. The number of phenolic OH excluding ortho intramolecular Hbond substituents is 2. The molecule has 0 fully saturated rings. The molecule has 8 bridgehead atoms. The predicted octanol–water partition coefficient (Wildman–Crippen LogP) is 11.1. The van der Waals surface area contributed by atoms with E-state index < -0.39 is 0 Å². The quantitative estimate of drug-likeness (QED) is 0.170. The molecule has 3 aromatic heterocycles. The summed E-state index contributed by atoms with van der Waals surface area (Å²) in [6, 6.07) is 36.4. The van der Waals surface area contributed by atoms with Crippen LogP contribution in [0.15, 0.2) is 109 Å². The Morgan fingerprint density at radius 3 is 1.35 bits per heavy atom. The van der Waals surface area contributed by atoms with Gasteiger partial charge in [-0.15, -0.1) is 0 Å². The fourth-order valence-corrected chi connectivity index (χ4v) is 7.47. The molecule has 51 heavy (non-hydrogen) atoms. The van der Waals surface area contributed by atoms with Crippen molar-refractivity contribution in [2.45, 2.75) is 34.1 Å². The van der Waals surface area contributed by atoms with Gasteiger partial charge in [-0.25, -0.2) is 9.97 Å². The van der Waals surface area contributed by atoms with Crippen LogP contribution in [0, 0.1) is 20.8 Å². The average molecular weight is 663 g/mol. The second-order valence-electron chi connectivity index (χ2n) is 13.4. The zero-order valence-corrected chi connectivity index (χ0v) is 28.8. The minimum Gasteiger partial charge on any atom is -0.507 e. The number of hydrogen-bond donors (Lipinski definition) is 2. The van der Waals surface area contributed by atoms with Crippen LogP contribution in [0.5, 0.6) is 11.5 Å². The summed E-state index contributed by atoms with van der Waals surface area (Å²) in [6.07, 6.45) is 0.767. The van der Waals surface area contributed by atoms with Gasteiger partial charge in [-0.3, -0.25) is 9.97 Å². The second kappa shape index (κ2) is 11.6. The van der Waals surface area contributed by atoms with Gasteiger partial charge < -0.3 is 10.2 Å². The van der Waals surface area contributed by atoms with E-state index in [1.54, 1.807) is 0 Å². The minimum absolute atomic E-state index is 0.113. The number of fused-ring (bicyclic) bond motifs is 14. The van der Waals surface area contributed by atoms with Crippen molar-refractivity contribution < 1.29 is 10.2 Å². The molecule has 0 unspecified atom stereocenters. The molecule has 0 spiro atoms. The SMILES string of the molecule is CCc1cc2c(C)nc3c4ccccc4c4ccccc4c3nc(C)c3cc(C)cc(c3O)c3ccc4ccc5ccc(nc5c4n3)c(c1)c2O. The van der Waals surface area contributed by atoms with Gasteiger partial charge >= 0.3 is 0 Å². The van der Waals surface area contributed by atoms with Crippen molar-refractivity contribution in [2.24, 2.45) is 0 Å². The van der Waals surface area contributed by atoms with E-state index in [0.717, 1.165) is 60.9 Å². The highest BCUT2D eigenvalue weighted by Gasteiger charge is 2.14. The van der Waals surface area contributed by atoms with E-state index >= 15 is 0 Å². The number of rotatable bonds is 1. The summed E-state index contributed by atoms with van der Waals surface area (Å²) in [5, 5.41) is 32.4. The molecule has 6 nitrogen and oxygen atoms in total. The van der Waals surface area contributed by atoms with Crippen molar-refractivity contribution in [2.75, 3.05) is 0 Å². The topological polar surface area (TPSA) is 92.0 Å². The van der Waals surface area contributed by atoms with Crippen LogP contribution in [0.25, 0.3) is 87.0 Å². The van der Waals surface area contributed by atoms with Crippen LogP contribution in [0.1, 0.15) is 29.4 Å². The van der Waals surface area contributed by atoms with E-state index in [2.05, 4.69) is 31.2 Å². The first kappa shape index (κ1) is 30.6. The summed E-state index contributed by atoms with van der Waals surface area (Å²) in [4.78, 5) is 20.9. The van der Waals surface area contributed by atoms with Gasteiger partial charge in [-0.2, -0.15) is 0 Å². The van der Waals surface area contributed by atoms with E-state index in [-0.39, 0.29) is 11.5 Å². The predicted molar refractivity (Wildman–Crippen MR) is 211 cm³/mol. The molecule has 3 heterocycles. The molecule has 0 aliphatic rings. The first-order valence-corrected chi connectivity index (χ1v) is 17.2. The van der Waals surface area contributed by atoms with Crippen LogP contribution in [0.4, 0.5) is 0 Å². The average Bonchev–Trinajstić information content (AvgIpc) is 3.16. The van der Waals surface area contributed by atoms with Crippen LogP contribution >= 0.6 is 0 Å². The molecule has 0 radical (unpaired) electrons. The van der Waals surface area contributed by atoms with Gasteiger partial charge in [0, 0.05) is 54.5 Å². The molecule has 9 rings (SSSR count). The number of nitrogens with zero attached hydrogens (tertiary/aromatic N) is 4. The third-order valence-corrected chi connectivity index (χ3v) is 10.1. The number of benzene rings is 6. The smallest absolute Gasteiger partial charge is 0.134 e. The van der Waals surface area contributed by atoms with Crippen molar-refractivity contribution in [1.29, 1.82) is 0 Å². The normalized spacial score (nSPS) is 11.8. The number of aromatic nitrogens is 4. The molecule has 0 amide bonds. The maximum atomic E-state index is 12.0. The Hall–Kier alpha value is -6.40. The van der Waals surface area contributed by atoms with E-state index in [0.29, 0.717) is 55.0 Å². The van der Waals surface area contributed by atoms with Gasteiger partial charge in [0.05, 0.1) is 33.1 Å². The van der Waals surface area contributed by atoms with Gasteiger partial charge in [-0.05, 0) is 85.5 Å². The lowest BCUT2D eigenvalue weighted by Crippen LogP contribution is -1.92. The first-order valence-electron chi connectivity index (χ1n) is 17.2. The lowest BCUT2D eigenvalue weighted by atomic mass is 9.99. The highest BCUT2D eigenvalue weighted by molar-refractivity contribution is 6.23. The Bertz CT molecular complexity index is 3080. The zero-order chi connectivity index (χ0) is 35.0. The monoisotopic (exact) mass is 662 g/mol. The number of pyridine rings is 2. The molecule has 246 valence electrons. The summed E-state index contributed by atoms with van der Waals surface area (Å²) in [6.45, 7) is 7.99. The van der Waals surface area contributed by atoms with Crippen LogP contribution < -0.4 is 0 Å². The maximum Gasteiger partial charge on any atom is 0.134 e. The fraction of sp³-hybridized carbons (Fsp3) is 0.111. The zero-order valence-electron chi connectivity index (χ0n) is 28.8. The highest BCUT2D eigenvalue weighted by Crippen LogP contribution is 2.37. The molecule has 2 N–H and O–H groups in total. The van der Waals surface area contributed by atoms with Gasteiger partial charge in [0.1, 0.15) is 11.5 Å². The molecule has 0 aliphatic carbocycles. The molecule has 0 saturated heterocycles. The molecular formula is C45H34N4O2. The Morgan fingerprint density at radius 1 is 0.431 bits per heavy atom. The molecule has 0 aliphatic heterocycles. The Kier molecular flexibility index (Phi) is 6.97. The number of aromatic hydroxyl groups is 2. The first-order chi connectivity index (χ1) is 24.8. The number of phenols is 2. The largest absolute Gasteiger partial charge is 0.507 e. The third kappa shape index (κ3) is 4.86. The Labute approximate surface area is 293 Å². The van der Waals surface area contributed by atoms with E-state index in [1.165, 1.54) is 0 Å². The molecular weight excluding hydrogens is 629 g/mol. The van der Waals surface area contributed by atoms with Crippen molar-refractivity contribution in [1.82, 2.24) is 19.9 Å². The van der Waals surface area contributed by atoms with Gasteiger partial charge in [0.15, 0.2) is 0 Å². The van der Waals surface area contributed by atoms with E-state index in [1.807, 2.05) is 106 Å². The summed E-state index contributed by atoms with van der Waals surface area (Å²) < 4.78 is 0. The second-order valence-corrected chi connectivity index (χ2v) is 13.4. The van der Waals surface area contributed by atoms with Crippen LogP contribution in [0.2, 0.25) is 0 Å². The van der Waals surface area contributed by atoms with Crippen LogP contribution in [-0.2, 0) is 6.42 Å². The molecule has 9 aromatic rings. The van der Waals surface area contributed by atoms with Gasteiger partial charge in [0.25, 0.3) is 0 Å². The highest BCUT2D eigenvalue weighted by atomic mass is 16.3.